The molecular weight excluding hydrogens is 307 g/mol. The third-order valence-corrected chi connectivity index (χ3v) is 4.22. The van der Waals surface area contributed by atoms with Crippen LogP contribution in [-0.2, 0) is 16.4 Å². The van der Waals surface area contributed by atoms with Crippen molar-refractivity contribution in [1.29, 1.82) is 0 Å². The first kappa shape index (κ1) is 14.6. The second kappa shape index (κ2) is 5.31. The summed E-state index contributed by atoms with van der Waals surface area (Å²) in [5.74, 6) is 0.676. The van der Waals surface area contributed by atoms with Crippen molar-refractivity contribution in [3.05, 3.63) is 29.0 Å². The Morgan fingerprint density at radius 2 is 2.11 bits per heavy atom. The molecule has 104 valence electrons. The predicted octanol–water partition coefficient (Wildman–Crippen LogP) is 3.03. The smallest absolute Gasteiger partial charge is 0.149 e. The molecule has 19 heavy (non-hydrogen) atoms. The Labute approximate surface area is 122 Å². The molecule has 1 unspecified atom stereocenters. The molecule has 1 atom stereocenters. The van der Waals surface area contributed by atoms with Crippen LogP contribution in [0.4, 0.5) is 0 Å². The summed E-state index contributed by atoms with van der Waals surface area (Å²) < 4.78 is 24.5. The highest BCUT2D eigenvalue weighted by atomic mass is 35.5. The highest BCUT2D eigenvalue weighted by Gasteiger charge is 2.17. The highest BCUT2D eigenvalue weighted by molar-refractivity contribution is 7.90. The number of hydrogen-bond acceptors (Lipinski definition) is 3. The zero-order valence-corrected chi connectivity index (χ0v) is 12.9. The van der Waals surface area contributed by atoms with E-state index < -0.39 is 9.84 Å². The van der Waals surface area contributed by atoms with Gasteiger partial charge in [-0.15, -0.1) is 11.6 Å². The number of nitrogens with zero attached hydrogens (tertiary/aromatic N) is 2. The van der Waals surface area contributed by atoms with Crippen molar-refractivity contribution in [3.63, 3.8) is 0 Å². The Morgan fingerprint density at radius 3 is 2.68 bits per heavy atom. The SMILES string of the molecule is CC(Cl)c1nc2c(Cl)cccc2n1CCS(C)(=O)=O. The molecule has 4 nitrogen and oxygen atoms in total. The number of hydrogen-bond donors (Lipinski definition) is 0. The summed E-state index contributed by atoms with van der Waals surface area (Å²) in [7, 11) is -3.05. The summed E-state index contributed by atoms with van der Waals surface area (Å²) in [5.41, 5.74) is 1.46. The molecule has 1 heterocycles. The number of halogens is 2. The van der Waals surface area contributed by atoms with E-state index >= 15 is 0 Å². The van der Waals surface area contributed by atoms with Gasteiger partial charge in [0.15, 0.2) is 0 Å². The molecule has 2 rings (SSSR count). The molecule has 0 aliphatic carbocycles. The Morgan fingerprint density at radius 1 is 1.42 bits per heavy atom. The van der Waals surface area contributed by atoms with Crippen molar-refractivity contribution in [2.75, 3.05) is 12.0 Å². The molecule has 0 fully saturated rings. The summed E-state index contributed by atoms with van der Waals surface area (Å²) in [6.07, 6.45) is 1.21. The number of imidazole rings is 1. The average Bonchev–Trinajstić information content (AvgIpc) is 2.66. The molecule has 0 amide bonds. The van der Waals surface area contributed by atoms with E-state index in [2.05, 4.69) is 4.98 Å². The minimum Gasteiger partial charge on any atom is -0.326 e. The highest BCUT2D eigenvalue weighted by Crippen LogP contribution is 2.28. The molecule has 0 radical (unpaired) electrons. The molecule has 1 aromatic heterocycles. The molecule has 0 aliphatic heterocycles. The number of benzene rings is 1. The number of aromatic nitrogens is 2. The van der Waals surface area contributed by atoms with E-state index in [0.717, 1.165) is 5.52 Å². The number of alkyl halides is 1. The van der Waals surface area contributed by atoms with E-state index in [-0.39, 0.29) is 11.1 Å². The minimum atomic E-state index is -3.05. The van der Waals surface area contributed by atoms with Gasteiger partial charge in [0.1, 0.15) is 21.2 Å². The quantitative estimate of drug-likeness (QED) is 0.813. The lowest BCUT2D eigenvalue weighted by molar-refractivity contribution is 0.593. The van der Waals surface area contributed by atoms with E-state index in [0.29, 0.717) is 22.9 Å². The van der Waals surface area contributed by atoms with Crippen LogP contribution < -0.4 is 0 Å². The van der Waals surface area contributed by atoms with Crippen LogP contribution in [0.5, 0.6) is 0 Å². The third kappa shape index (κ3) is 3.22. The fourth-order valence-electron chi connectivity index (χ4n) is 1.93. The van der Waals surface area contributed by atoms with Gasteiger partial charge in [-0.25, -0.2) is 13.4 Å². The first-order valence-corrected chi connectivity index (χ1v) is 8.63. The molecule has 0 aliphatic rings. The maximum Gasteiger partial charge on any atom is 0.149 e. The molecular formula is C12H14Cl2N2O2S. The monoisotopic (exact) mass is 320 g/mol. The third-order valence-electron chi connectivity index (χ3n) is 2.80. The standard InChI is InChI=1S/C12H14Cl2N2O2S/c1-8(13)12-15-11-9(14)4-3-5-10(11)16(12)6-7-19(2,17)18/h3-5,8H,6-7H2,1-2H3. The minimum absolute atomic E-state index is 0.0432. The lowest BCUT2D eigenvalue weighted by atomic mass is 10.3. The van der Waals surface area contributed by atoms with Crippen molar-refractivity contribution < 1.29 is 8.42 Å². The van der Waals surface area contributed by atoms with Crippen LogP contribution >= 0.6 is 23.2 Å². The summed E-state index contributed by atoms with van der Waals surface area (Å²) in [5, 5.41) is 0.220. The van der Waals surface area contributed by atoms with E-state index in [9.17, 15) is 8.42 Å². The average molecular weight is 321 g/mol. The first-order chi connectivity index (χ1) is 8.79. The zero-order valence-electron chi connectivity index (χ0n) is 10.6. The van der Waals surface area contributed by atoms with Crippen LogP contribution in [0.15, 0.2) is 18.2 Å². The second-order valence-corrected chi connectivity index (χ2v) is 7.80. The van der Waals surface area contributed by atoms with Crippen molar-refractivity contribution in [2.45, 2.75) is 18.8 Å². The number of para-hydroxylation sites is 1. The van der Waals surface area contributed by atoms with Gasteiger partial charge in [0, 0.05) is 12.8 Å². The van der Waals surface area contributed by atoms with Crippen LogP contribution in [0.1, 0.15) is 18.1 Å². The Kier molecular flexibility index (Phi) is 4.08. The maximum absolute atomic E-state index is 11.3. The molecule has 0 spiro atoms. The number of aryl methyl sites for hydroxylation is 1. The Hall–Kier alpha value is -0.780. The Bertz CT molecular complexity index is 708. The van der Waals surface area contributed by atoms with Crippen LogP contribution in [0, 0.1) is 0 Å². The van der Waals surface area contributed by atoms with Gasteiger partial charge in [0.2, 0.25) is 0 Å². The van der Waals surface area contributed by atoms with Gasteiger partial charge in [-0.05, 0) is 19.1 Å². The zero-order chi connectivity index (χ0) is 14.2. The number of sulfone groups is 1. The number of rotatable bonds is 4. The maximum atomic E-state index is 11.3. The molecule has 7 heteroatoms. The van der Waals surface area contributed by atoms with Crippen molar-refractivity contribution >= 4 is 44.1 Å². The molecule has 2 aromatic rings. The van der Waals surface area contributed by atoms with Gasteiger partial charge >= 0.3 is 0 Å². The number of fused-ring (bicyclic) bond motifs is 1. The van der Waals surface area contributed by atoms with Gasteiger partial charge in [-0.3, -0.25) is 0 Å². The second-order valence-electron chi connectivity index (χ2n) is 4.48. The Balaban J connectivity index is 2.56. The molecule has 0 saturated heterocycles. The topological polar surface area (TPSA) is 52.0 Å². The van der Waals surface area contributed by atoms with Gasteiger partial charge in [-0.1, -0.05) is 17.7 Å². The fraction of sp³-hybridized carbons (Fsp3) is 0.417. The van der Waals surface area contributed by atoms with Gasteiger partial charge in [0.25, 0.3) is 0 Å². The molecule has 0 bridgehead atoms. The van der Waals surface area contributed by atoms with E-state index in [1.165, 1.54) is 6.26 Å². The van der Waals surface area contributed by atoms with Gasteiger partial charge in [-0.2, -0.15) is 0 Å². The fourth-order valence-corrected chi connectivity index (χ4v) is 2.82. The molecule has 0 N–H and O–H groups in total. The summed E-state index contributed by atoms with van der Waals surface area (Å²) in [4.78, 5) is 4.42. The lowest BCUT2D eigenvalue weighted by Crippen LogP contribution is -2.13. The van der Waals surface area contributed by atoms with Crippen LogP contribution in [0.25, 0.3) is 11.0 Å². The summed E-state index contributed by atoms with van der Waals surface area (Å²) in [6, 6.07) is 5.42. The lowest BCUT2D eigenvalue weighted by Gasteiger charge is -2.09. The van der Waals surface area contributed by atoms with Crippen LogP contribution in [0.2, 0.25) is 5.02 Å². The summed E-state index contributed by atoms with van der Waals surface area (Å²) in [6.45, 7) is 2.12. The van der Waals surface area contributed by atoms with Crippen LogP contribution in [0.3, 0.4) is 0 Å². The molecule has 0 saturated carbocycles. The van der Waals surface area contributed by atoms with Gasteiger partial charge in [0.05, 0.1) is 21.7 Å². The normalized spacial score (nSPS) is 13.9. The predicted molar refractivity (Wildman–Crippen MR) is 78.7 cm³/mol. The van der Waals surface area contributed by atoms with E-state index in [4.69, 9.17) is 23.2 Å². The van der Waals surface area contributed by atoms with Crippen molar-refractivity contribution in [2.24, 2.45) is 0 Å². The van der Waals surface area contributed by atoms with E-state index in [1.54, 1.807) is 13.0 Å². The summed E-state index contributed by atoms with van der Waals surface area (Å²) >= 11 is 12.2. The van der Waals surface area contributed by atoms with Crippen molar-refractivity contribution in [3.8, 4) is 0 Å². The largest absolute Gasteiger partial charge is 0.326 e. The van der Waals surface area contributed by atoms with Crippen molar-refractivity contribution in [1.82, 2.24) is 9.55 Å². The van der Waals surface area contributed by atoms with Gasteiger partial charge < -0.3 is 4.57 Å². The molecule has 1 aromatic carbocycles. The van der Waals surface area contributed by atoms with Crippen LogP contribution in [-0.4, -0.2) is 30.0 Å². The van der Waals surface area contributed by atoms with E-state index in [1.807, 2.05) is 16.7 Å². The first-order valence-electron chi connectivity index (χ1n) is 5.76.